The third kappa shape index (κ3) is 4.40. The fraction of sp³-hybridized carbons (Fsp3) is 0.148. The molecule has 5 rings (SSSR count). The molecule has 0 atom stereocenters. The van der Waals surface area contributed by atoms with E-state index in [1.54, 1.807) is 29.1 Å². The van der Waals surface area contributed by atoms with Gasteiger partial charge in [-0.15, -0.1) is 11.3 Å². The lowest BCUT2D eigenvalue weighted by Gasteiger charge is -2.19. The lowest BCUT2D eigenvalue weighted by molar-refractivity contribution is 0.590. The third-order valence-electron chi connectivity index (χ3n) is 5.71. The number of nitrogens with zero attached hydrogens (tertiary/aromatic N) is 4. The van der Waals surface area contributed by atoms with E-state index in [1.807, 2.05) is 24.3 Å². The van der Waals surface area contributed by atoms with Crippen molar-refractivity contribution in [2.45, 2.75) is 26.2 Å². The molecule has 35 heavy (non-hydrogen) atoms. The SMILES string of the molecule is C=C(Nc1nc(-c2ccccc2F)nc2c1cnn2-c1ccc(C(C)(C)C)cc1)c1ccc(N)s1. The van der Waals surface area contributed by atoms with Crippen LogP contribution in [0.5, 0.6) is 0 Å². The Morgan fingerprint density at radius 1 is 1.03 bits per heavy atom. The van der Waals surface area contributed by atoms with E-state index < -0.39 is 5.82 Å². The van der Waals surface area contributed by atoms with E-state index in [9.17, 15) is 4.39 Å². The molecular formula is C27H25FN6S. The molecule has 0 saturated heterocycles. The number of anilines is 2. The first-order valence-electron chi connectivity index (χ1n) is 11.1. The topological polar surface area (TPSA) is 81.7 Å². The summed E-state index contributed by atoms with van der Waals surface area (Å²) in [7, 11) is 0. The van der Waals surface area contributed by atoms with Gasteiger partial charge in [-0.2, -0.15) is 5.10 Å². The summed E-state index contributed by atoms with van der Waals surface area (Å²) in [4.78, 5) is 10.3. The van der Waals surface area contributed by atoms with Gasteiger partial charge in [0.05, 0.1) is 32.7 Å². The molecule has 0 aliphatic heterocycles. The van der Waals surface area contributed by atoms with Crippen molar-refractivity contribution in [1.82, 2.24) is 19.7 Å². The Morgan fingerprint density at radius 3 is 2.43 bits per heavy atom. The molecular weight excluding hydrogens is 459 g/mol. The van der Waals surface area contributed by atoms with Crippen molar-refractivity contribution in [3.8, 4) is 17.1 Å². The average Bonchev–Trinajstić information content (AvgIpc) is 3.45. The molecule has 0 aliphatic rings. The molecule has 3 aromatic heterocycles. The molecule has 0 saturated carbocycles. The maximum atomic E-state index is 14.7. The van der Waals surface area contributed by atoms with Crippen molar-refractivity contribution in [1.29, 1.82) is 0 Å². The second kappa shape index (κ2) is 8.63. The van der Waals surface area contributed by atoms with Crippen LogP contribution in [-0.4, -0.2) is 19.7 Å². The number of benzene rings is 2. The summed E-state index contributed by atoms with van der Waals surface area (Å²) in [5.74, 6) is 0.343. The number of hydrogen-bond donors (Lipinski definition) is 2. The van der Waals surface area contributed by atoms with Crippen molar-refractivity contribution < 1.29 is 4.39 Å². The average molecular weight is 485 g/mol. The van der Waals surface area contributed by atoms with Gasteiger partial charge < -0.3 is 11.1 Å². The van der Waals surface area contributed by atoms with Crippen LogP contribution in [0.4, 0.5) is 15.2 Å². The molecule has 0 amide bonds. The fourth-order valence-corrected chi connectivity index (χ4v) is 4.48. The third-order valence-corrected chi connectivity index (χ3v) is 6.69. The number of thiophene rings is 1. The zero-order valence-corrected chi connectivity index (χ0v) is 20.5. The number of rotatable bonds is 5. The normalized spacial score (nSPS) is 11.7. The largest absolute Gasteiger partial charge is 0.391 e. The van der Waals surface area contributed by atoms with Crippen LogP contribution in [0.1, 0.15) is 31.2 Å². The highest BCUT2D eigenvalue weighted by Gasteiger charge is 2.19. The fourth-order valence-electron chi connectivity index (χ4n) is 3.78. The summed E-state index contributed by atoms with van der Waals surface area (Å²) < 4.78 is 16.4. The van der Waals surface area contributed by atoms with Gasteiger partial charge in [0.25, 0.3) is 0 Å². The predicted molar refractivity (Wildman–Crippen MR) is 142 cm³/mol. The van der Waals surface area contributed by atoms with Crippen LogP contribution in [0.3, 0.4) is 0 Å². The molecule has 0 spiro atoms. The van der Waals surface area contributed by atoms with E-state index >= 15 is 0 Å². The summed E-state index contributed by atoms with van der Waals surface area (Å²) in [6.45, 7) is 10.7. The van der Waals surface area contributed by atoms with Gasteiger partial charge in [0, 0.05) is 5.70 Å². The minimum Gasteiger partial charge on any atom is -0.391 e. The van der Waals surface area contributed by atoms with E-state index in [-0.39, 0.29) is 11.2 Å². The summed E-state index contributed by atoms with van der Waals surface area (Å²) in [5, 5.41) is 9.24. The number of hydrogen-bond acceptors (Lipinski definition) is 6. The zero-order valence-electron chi connectivity index (χ0n) is 19.7. The Bertz CT molecular complexity index is 1540. The van der Waals surface area contributed by atoms with E-state index in [4.69, 9.17) is 10.7 Å². The van der Waals surface area contributed by atoms with Crippen LogP contribution in [0.25, 0.3) is 33.8 Å². The summed E-state index contributed by atoms with van der Waals surface area (Å²) in [5.41, 5.74) is 9.49. The summed E-state index contributed by atoms with van der Waals surface area (Å²) in [6, 6.07) is 18.4. The Kier molecular flexibility index (Phi) is 5.61. The standard InChI is InChI=1S/C27H25FN6S/c1-16(22-13-14-23(29)35-22)31-25-20-15-30-34(18-11-9-17(10-12-18)27(2,3)4)26(20)33-24(32-25)19-7-5-6-8-21(19)28/h5-15H,1,29H2,2-4H3,(H,31,32,33). The summed E-state index contributed by atoms with van der Waals surface area (Å²) in [6.07, 6.45) is 1.70. The minimum atomic E-state index is -0.400. The van der Waals surface area contributed by atoms with Crippen molar-refractivity contribution >= 4 is 38.9 Å². The van der Waals surface area contributed by atoms with Gasteiger partial charge in [-0.25, -0.2) is 19.0 Å². The molecule has 0 bridgehead atoms. The Hall–Kier alpha value is -4.04. The molecule has 0 unspecified atom stereocenters. The zero-order chi connectivity index (χ0) is 24.7. The van der Waals surface area contributed by atoms with Crippen LogP contribution < -0.4 is 11.1 Å². The van der Waals surface area contributed by atoms with E-state index in [1.165, 1.54) is 23.0 Å². The second-order valence-electron chi connectivity index (χ2n) is 9.27. The Morgan fingerprint density at radius 2 is 1.77 bits per heavy atom. The van der Waals surface area contributed by atoms with Crippen molar-refractivity contribution in [3.05, 3.63) is 89.7 Å². The van der Waals surface area contributed by atoms with Crippen LogP contribution in [0, 0.1) is 5.82 Å². The van der Waals surface area contributed by atoms with Gasteiger partial charge in [-0.3, -0.25) is 0 Å². The minimum absolute atomic E-state index is 0.0352. The number of halogens is 1. The smallest absolute Gasteiger partial charge is 0.169 e. The predicted octanol–water partition coefficient (Wildman–Crippen LogP) is 6.65. The Balaban J connectivity index is 1.65. The van der Waals surface area contributed by atoms with Crippen molar-refractivity contribution in [2.75, 3.05) is 11.1 Å². The van der Waals surface area contributed by atoms with Crippen LogP contribution in [0.15, 0.2) is 73.4 Å². The monoisotopic (exact) mass is 484 g/mol. The molecule has 8 heteroatoms. The highest BCUT2D eigenvalue weighted by Crippen LogP contribution is 2.32. The van der Waals surface area contributed by atoms with Crippen LogP contribution in [-0.2, 0) is 5.41 Å². The number of nitrogens with two attached hydrogens (primary N) is 1. The number of fused-ring (bicyclic) bond motifs is 1. The van der Waals surface area contributed by atoms with E-state index in [0.29, 0.717) is 33.1 Å². The van der Waals surface area contributed by atoms with Gasteiger partial charge in [-0.05, 0) is 47.4 Å². The van der Waals surface area contributed by atoms with Gasteiger partial charge >= 0.3 is 0 Å². The number of nitrogens with one attached hydrogen (secondary N) is 1. The van der Waals surface area contributed by atoms with Gasteiger partial charge in [-0.1, -0.05) is 51.6 Å². The quantitative estimate of drug-likeness (QED) is 0.292. The molecule has 5 aromatic rings. The molecule has 2 aromatic carbocycles. The van der Waals surface area contributed by atoms with E-state index in [0.717, 1.165) is 10.6 Å². The lowest BCUT2D eigenvalue weighted by atomic mass is 9.87. The maximum absolute atomic E-state index is 14.7. The maximum Gasteiger partial charge on any atom is 0.169 e. The van der Waals surface area contributed by atoms with Crippen molar-refractivity contribution in [2.24, 2.45) is 0 Å². The van der Waals surface area contributed by atoms with Crippen LogP contribution in [0.2, 0.25) is 0 Å². The molecule has 176 valence electrons. The van der Waals surface area contributed by atoms with E-state index in [2.05, 4.69) is 54.9 Å². The molecule has 0 radical (unpaired) electrons. The summed E-state index contributed by atoms with van der Waals surface area (Å²) >= 11 is 1.42. The lowest BCUT2D eigenvalue weighted by Crippen LogP contribution is -2.11. The van der Waals surface area contributed by atoms with Crippen molar-refractivity contribution in [3.63, 3.8) is 0 Å². The highest BCUT2D eigenvalue weighted by molar-refractivity contribution is 7.16. The number of nitrogen functional groups attached to an aromatic ring is 1. The first kappa shape index (κ1) is 22.7. The molecule has 0 aliphatic carbocycles. The Labute approximate surface area is 207 Å². The molecule has 3 heterocycles. The molecule has 0 fully saturated rings. The molecule has 3 N–H and O–H groups in total. The first-order chi connectivity index (χ1) is 16.7. The number of aromatic nitrogens is 4. The first-order valence-corrected chi connectivity index (χ1v) is 12.0. The molecule has 6 nitrogen and oxygen atoms in total. The van der Waals surface area contributed by atoms with Gasteiger partial charge in [0.1, 0.15) is 11.6 Å². The second-order valence-corrected chi connectivity index (χ2v) is 10.4. The van der Waals surface area contributed by atoms with Crippen LogP contribution >= 0.6 is 11.3 Å². The highest BCUT2D eigenvalue weighted by atomic mass is 32.1. The van der Waals surface area contributed by atoms with Gasteiger partial charge in [0.15, 0.2) is 11.5 Å². The van der Waals surface area contributed by atoms with Gasteiger partial charge in [0.2, 0.25) is 0 Å².